The van der Waals surface area contributed by atoms with E-state index in [1.165, 1.54) is 14.2 Å². The standard InChI is InChI=1S/C29H28O7/c1-18-14-19(2)27-22(15-18)26(31)29(28(36-27)21-10-11-23(32-3)24(16-21)33-4)35-17-25(30)34-13-12-20-8-6-5-7-9-20/h5-11,14-16H,12-13,17H2,1-4H3. The van der Waals surface area contributed by atoms with Crippen LogP contribution in [0.2, 0.25) is 0 Å². The minimum atomic E-state index is -0.580. The molecule has 0 fully saturated rings. The molecule has 0 aliphatic rings. The van der Waals surface area contributed by atoms with E-state index in [9.17, 15) is 9.59 Å². The van der Waals surface area contributed by atoms with Crippen molar-refractivity contribution in [2.45, 2.75) is 20.3 Å². The van der Waals surface area contributed by atoms with Crippen molar-refractivity contribution >= 4 is 16.9 Å². The van der Waals surface area contributed by atoms with Gasteiger partial charge >= 0.3 is 5.97 Å². The van der Waals surface area contributed by atoms with Gasteiger partial charge in [0.25, 0.3) is 0 Å². The van der Waals surface area contributed by atoms with Crippen LogP contribution >= 0.6 is 0 Å². The highest BCUT2D eigenvalue weighted by Crippen LogP contribution is 2.37. The maximum Gasteiger partial charge on any atom is 0.344 e. The lowest BCUT2D eigenvalue weighted by molar-refractivity contribution is -0.145. The smallest absolute Gasteiger partial charge is 0.344 e. The van der Waals surface area contributed by atoms with Crippen LogP contribution in [-0.2, 0) is 16.0 Å². The van der Waals surface area contributed by atoms with Crippen LogP contribution in [0, 0.1) is 13.8 Å². The average Bonchev–Trinajstić information content (AvgIpc) is 2.88. The van der Waals surface area contributed by atoms with Gasteiger partial charge in [-0.15, -0.1) is 0 Å². The van der Waals surface area contributed by atoms with Gasteiger partial charge in [0.2, 0.25) is 11.2 Å². The highest BCUT2D eigenvalue weighted by molar-refractivity contribution is 5.85. The van der Waals surface area contributed by atoms with Crippen molar-refractivity contribution in [3.05, 3.63) is 87.6 Å². The molecule has 0 spiro atoms. The summed E-state index contributed by atoms with van der Waals surface area (Å²) in [5.74, 6) is 0.534. The lowest BCUT2D eigenvalue weighted by atomic mass is 10.0. The van der Waals surface area contributed by atoms with Crippen LogP contribution in [-0.4, -0.2) is 33.4 Å². The van der Waals surface area contributed by atoms with E-state index >= 15 is 0 Å². The lowest BCUT2D eigenvalue weighted by Gasteiger charge is -2.14. The number of methoxy groups -OCH3 is 2. The number of hydrogen-bond acceptors (Lipinski definition) is 7. The maximum absolute atomic E-state index is 13.5. The maximum atomic E-state index is 13.5. The summed E-state index contributed by atoms with van der Waals surface area (Å²) >= 11 is 0. The second-order valence-electron chi connectivity index (χ2n) is 8.36. The van der Waals surface area contributed by atoms with Gasteiger partial charge in [-0.2, -0.15) is 0 Å². The normalized spacial score (nSPS) is 10.8. The molecule has 0 amide bonds. The molecule has 0 radical (unpaired) electrons. The van der Waals surface area contributed by atoms with E-state index in [0.717, 1.165) is 16.7 Å². The van der Waals surface area contributed by atoms with Gasteiger partial charge in [-0.25, -0.2) is 4.79 Å². The summed E-state index contributed by atoms with van der Waals surface area (Å²) in [6.07, 6.45) is 0.583. The zero-order valence-electron chi connectivity index (χ0n) is 20.8. The van der Waals surface area contributed by atoms with E-state index in [-0.39, 0.29) is 23.5 Å². The summed E-state index contributed by atoms with van der Waals surface area (Å²) in [6, 6.07) is 18.5. The van der Waals surface area contributed by atoms with Gasteiger partial charge in [-0.1, -0.05) is 36.4 Å². The minimum Gasteiger partial charge on any atom is -0.493 e. The van der Waals surface area contributed by atoms with Crippen molar-refractivity contribution in [2.24, 2.45) is 0 Å². The zero-order valence-corrected chi connectivity index (χ0v) is 20.8. The number of rotatable bonds is 9. The molecule has 0 saturated heterocycles. The fraction of sp³-hybridized carbons (Fsp3) is 0.241. The van der Waals surface area contributed by atoms with Crippen molar-refractivity contribution in [1.82, 2.24) is 0 Å². The van der Waals surface area contributed by atoms with Gasteiger partial charge in [0.15, 0.2) is 23.9 Å². The molecular formula is C29H28O7. The number of ether oxygens (including phenoxy) is 4. The predicted octanol–water partition coefficient (Wildman–Crippen LogP) is 5.26. The molecule has 1 heterocycles. The summed E-state index contributed by atoms with van der Waals surface area (Å²) < 4.78 is 28.0. The second kappa shape index (κ2) is 11.0. The first-order valence-corrected chi connectivity index (χ1v) is 11.5. The van der Waals surface area contributed by atoms with Crippen molar-refractivity contribution in [2.75, 3.05) is 27.4 Å². The summed E-state index contributed by atoms with van der Waals surface area (Å²) in [7, 11) is 3.06. The molecule has 36 heavy (non-hydrogen) atoms. The van der Waals surface area contributed by atoms with E-state index in [1.54, 1.807) is 24.3 Å². The van der Waals surface area contributed by atoms with E-state index < -0.39 is 12.6 Å². The second-order valence-corrected chi connectivity index (χ2v) is 8.36. The molecule has 4 aromatic rings. The first kappa shape index (κ1) is 24.9. The van der Waals surface area contributed by atoms with Crippen molar-refractivity contribution in [1.29, 1.82) is 0 Å². The van der Waals surface area contributed by atoms with Gasteiger partial charge < -0.3 is 23.4 Å². The van der Waals surface area contributed by atoms with Gasteiger partial charge in [0.05, 0.1) is 26.2 Å². The summed E-state index contributed by atoms with van der Waals surface area (Å²) in [5, 5.41) is 0.379. The Morgan fingerprint density at radius 1 is 0.917 bits per heavy atom. The molecule has 0 saturated carbocycles. The van der Waals surface area contributed by atoms with Crippen molar-refractivity contribution in [3.63, 3.8) is 0 Å². The molecule has 0 unspecified atom stereocenters. The molecule has 186 valence electrons. The Kier molecular flexibility index (Phi) is 7.59. The molecular weight excluding hydrogens is 460 g/mol. The Balaban J connectivity index is 1.66. The van der Waals surface area contributed by atoms with E-state index in [2.05, 4.69) is 0 Å². The van der Waals surface area contributed by atoms with Crippen LogP contribution in [0.15, 0.2) is 69.9 Å². The quantitative estimate of drug-likeness (QED) is 0.297. The van der Waals surface area contributed by atoms with Gasteiger partial charge in [0, 0.05) is 12.0 Å². The third kappa shape index (κ3) is 5.35. The van der Waals surface area contributed by atoms with Crippen LogP contribution < -0.4 is 19.6 Å². The predicted molar refractivity (Wildman–Crippen MR) is 137 cm³/mol. The van der Waals surface area contributed by atoms with E-state index in [0.29, 0.717) is 34.5 Å². The van der Waals surface area contributed by atoms with Crippen molar-refractivity contribution in [3.8, 4) is 28.6 Å². The number of carbonyl (C=O) groups excluding carboxylic acids is 1. The molecule has 0 N–H and O–H groups in total. The van der Waals surface area contributed by atoms with Crippen LogP contribution in [0.4, 0.5) is 0 Å². The molecule has 0 bridgehead atoms. The molecule has 4 rings (SSSR count). The SMILES string of the molecule is COc1ccc(-c2oc3c(C)cc(C)cc3c(=O)c2OCC(=O)OCCc2ccccc2)cc1OC. The number of fused-ring (bicyclic) bond motifs is 1. The number of benzene rings is 3. The van der Waals surface area contributed by atoms with E-state index in [1.807, 2.05) is 50.2 Å². The largest absolute Gasteiger partial charge is 0.493 e. The van der Waals surface area contributed by atoms with E-state index in [4.69, 9.17) is 23.4 Å². The molecule has 3 aromatic carbocycles. The lowest BCUT2D eigenvalue weighted by Crippen LogP contribution is -2.20. The monoisotopic (exact) mass is 488 g/mol. The van der Waals surface area contributed by atoms with Gasteiger partial charge in [-0.05, 0) is 54.8 Å². The van der Waals surface area contributed by atoms with Crippen molar-refractivity contribution < 1.29 is 28.2 Å². The first-order chi connectivity index (χ1) is 17.4. The Hall–Kier alpha value is -4.26. The summed E-state index contributed by atoms with van der Waals surface area (Å²) in [4.78, 5) is 25.9. The molecule has 0 aliphatic heterocycles. The van der Waals surface area contributed by atoms with Gasteiger partial charge in [-0.3, -0.25) is 4.79 Å². The number of hydrogen-bond donors (Lipinski definition) is 0. The molecule has 1 aromatic heterocycles. The third-order valence-corrected chi connectivity index (χ3v) is 5.76. The van der Waals surface area contributed by atoms with Gasteiger partial charge in [0.1, 0.15) is 5.58 Å². The highest BCUT2D eigenvalue weighted by Gasteiger charge is 2.21. The number of esters is 1. The Morgan fingerprint density at radius 2 is 1.67 bits per heavy atom. The Morgan fingerprint density at radius 3 is 2.39 bits per heavy atom. The molecule has 0 atom stereocenters. The highest BCUT2D eigenvalue weighted by atomic mass is 16.6. The number of carbonyl (C=O) groups is 1. The number of aryl methyl sites for hydroxylation is 2. The van der Waals surface area contributed by atoms with Crippen LogP contribution in [0.3, 0.4) is 0 Å². The van der Waals surface area contributed by atoms with Crippen LogP contribution in [0.1, 0.15) is 16.7 Å². The average molecular weight is 489 g/mol. The topological polar surface area (TPSA) is 84.2 Å². The third-order valence-electron chi connectivity index (χ3n) is 5.76. The minimum absolute atomic E-state index is 0.0697. The Bertz CT molecular complexity index is 1440. The summed E-state index contributed by atoms with van der Waals surface area (Å²) in [6.45, 7) is 3.55. The van der Waals surface area contributed by atoms with Crippen LogP contribution in [0.25, 0.3) is 22.3 Å². The first-order valence-electron chi connectivity index (χ1n) is 11.5. The molecule has 7 heteroatoms. The zero-order chi connectivity index (χ0) is 25.7. The fourth-order valence-electron chi connectivity index (χ4n) is 4.03. The van der Waals surface area contributed by atoms with Crippen LogP contribution in [0.5, 0.6) is 17.2 Å². The molecule has 7 nitrogen and oxygen atoms in total. The molecule has 0 aliphatic carbocycles. The fourth-order valence-corrected chi connectivity index (χ4v) is 4.03. The summed E-state index contributed by atoms with van der Waals surface area (Å²) in [5.41, 5.74) is 3.41. The Labute approximate surface area is 209 Å².